The van der Waals surface area contributed by atoms with Crippen molar-refractivity contribution in [2.45, 2.75) is 6.36 Å². The van der Waals surface area contributed by atoms with Crippen molar-refractivity contribution < 1.29 is 27.8 Å². The number of benzene rings is 2. The number of nitrogens with two attached hydrogens (primary N) is 1. The number of ether oxygens (including phenoxy) is 1. The van der Waals surface area contributed by atoms with Crippen LogP contribution in [0.1, 0.15) is 21.5 Å². The zero-order valence-electron chi connectivity index (χ0n) is 13.6. The van der Waals surface area contributed by atoms with Gasteiger partial charge in [0.15, 0.2) is 0 Å². The second-order valence-electron chi connectivity index (χ2n) is 5.27. The number of anilines is 1. The molecule has 1 amide bonds. The molecule has 0 spiro atoms. The third-order valence-electron chi connectivity index (χ3n) is 3.33. The molecule has 0 aliphatic heterocycles. The van der Waals surface area contributed by atoms with E-state index in [9.17, 15) is 18.0 Å². The third-order valence-corrected chi connectivity index (χ3v) is 3.33. The van der Waals surface area contributed by atoms with E-state index in [4.69, 9.17) is 10.8 Å². The average Bonchev–Trinajstić information content (AvgIpc) is 2.58. The van der Waals surface area contributed by atoms with E-state index in [2.05, 4.69) is 10.1 Å². The second kappa shape index (κ2) is 8.39. The topological polar surface area (TPSA) is 84.6 Å². The van der Waals surface area contributed by atoms with Crippen LogP contribution in [0, 0.1) is 0 Å². The normalized spacial score (nSPS) is 11.5. The molecule has 2 aromatic carbocycles. The van der Waals surface area contributed by atoms with Crippen molar-refractivity contribution in [1.82, 2.24) is 0 Å². The highest BCUT2D eigenvalue weighted by atomic mass is 19.4. The number of alkyl halides is 3. The molecule has 26 heavy (non-hydrogen) atoms. The van der Waals surface area contributed by atoms with E-state index in [1.165, 1.54) is 24.3 Å². The van der Waals surface area contributed by atoms with Gasteiger partial charge in [0.25, 0.3) is 0 Å². The van der Waals surface area contributed by atoms with Crippen molar-refractivity contribution in [3.8, 4) is 5.75 Å². The zero-order valence-corrected chi connectivity index (χ0v) is 13.6. The molecule has 2 rings (SSSR count). The lowest BCUT2D eigenvalue weighted by Gasteiger charge is -2.10. The molecule has 138 valence electrons. The first-order chi connectivity index (χ1) is 12.3. The Balaban J connectivity index is 2.22. The Morgan fingerprint density at radius 2 is 1.85 bits per heavy atom. The lowest BCUT2D eigenvalue weighted by atomic mass is 10.1. The van der Waals surface area contributed by atoms with E-state index in [-0.39, 0.29) is 12.4 Å². The number of carbonyl (C=O) groups is 1. The molecule has 0 atom stereocenters. The van der Waals surface area contributed by atoms with Crippen LogP contribution in [0.5, 0.6) is 5.75 Å². The summed E-state index contributed by atoms with van der Waals surface area (Å²) in [6, 6.07) is 10.2. The van der Waals surface area contributed by atoms with E-state index in [1.54, 1.807) is 30.4 Å². The zero-order chi connectivity index (χ0) is 19.2. The first kappa shape index (κ1) is 19.3. The van der Waals surface area contributed by atoms with Gasteiger partial charge >= 0.3 is 6.36 Å². The number of nitrogens with one attached hydrogen (secondary N) is 1. The van der Waals surface area contributed by atoms with Crippen LogP contribution >= 0.6 is 0 Å². The summed E-state index contributed by atoms with van der Waals surface area (Å²) in [6.45, 7) is 0.252. The molecule has 0 fully saturated rings. The highest BCUT2D eigenvalue weighted by Crippen LogP contribution is 2.24. The van der Waals surface area contributed by atoms with E-state index >= 15 is 0 Å². The summed E-state index contributed by atoms with van der Waals surface area (Å²) < 4.78 is 40.3. The maximum Gasteiger partial charge on any atom is 0.573 e. The summed E-state index contributed by atoms with van der Waals surface area (Å²) in [5.74, 6) is -0.891. The van der Waals surface area contributed by atoms with Gasteiger partial charge in [0.05, 0.1) is 6.61 Å². The van der Waals surface area contributed by atoms with Crippen LogP contribution in [0.3, 0.4) is 0 Å². The predicted molar refractivity (Wildman–Crippen MR) is 92.6 cm³/mol. The van der Waals surface area contributed by atoms with Gasteiger partial charge in [-0.15, -0.1) is 13.2 Å². The molecule has 0 aliphatic rings. The first-order valence-corrected chi connectivity index (χ1v) is 7.61. The summed E-state index contributed by atoms with van der Waals surface area (Å²) in [7, 11) is 0. The molecule has 4 N–H and O–H groups in total. The summed E-state index contributed by atoms with van der Waals surface area (Å²) in [5.41, 5.74) is 7.55. The number of amides is 1. The largest absolute Gasteiger partial charge is 0.573 e. The first-order valence-electron chi connectivity index (χ1n) is 7.61. The maximum atomic E-state index is 12.2. The number of primary amides is 1. The Morgan fingerprint density at radius 3 is 2.42 bits per heavy atom. The van der Waals surface area contributed by atoms with Gasteiger partial charge in [-0.05, 0) is 41.5 Å². The fourth-order valence-corrected chi connectivity index (χ4v) is 2.17. The highest BCUT2D eigenvalue weighted by molar-refractivity contribution is 5.94. The minimum absolute atomic E-state index is 0.0681. The summed E-state index contributed by atoms with van der Waals surface area (Å²) >= 11 is 0. The van der Waals surface area contributed by atoms with Crippen LogP contribution in [-0.2, 0) is 0 Å². The monoisotopic (exact) mass is 366 g/mol. The molecule has 0 bridgehead atoms. The number of aliphatic hydroxyl groups is 1. The Bertz CT molecular complexity index is 787. The molecule has 8 heteroatoms. The van der Waals surface area contributed by atoms with Crippen LogP contribution in [0.25, 0.3) is 12.2 Å². The standard InChI is InChI=1S/C18H17F3N2O3/c19-18(20,21)26-15-6-2-12(3-7-15)1-4-13-11-14(17(22)25)5-8-16(13)23-9-10-24/h1-8,11,23-24H,9-10H2,(H2,22,25). The molecule has 0 aliphatic carbocycles. The van der Waals surface area contributed by atoms with Crippen LogP contribution in [0.15, 0.2) is 42.5 Å². The fourth-order valence-electron chi connectivity index (χ4n) is 2.17. The molecule has 0 saturated heterocycles. The van der Waals surface area contributed by atoms with E-state index in [0.29, 0.717) is 28.9 Å². The Labute approximate surface area is 147 Å². The van der Waals surface area contributed by atoms with Gasteiger partial charge in [-0.1, -0.05) is 24.3 Å². The molecule has 2 aromatic rings. The Morgan fingerprint density at radius 1 is 1.15 bits per heavy atom. The average molecular weight is 366 g/mol. The Kier molecular flexibility index (Phi) is 6.24. The van der Waals surface area contributed by atoms with Crippen LogP contribution < -0.4 is 15.8 Å². The molecule has 0 aromatic heterocycles. The molecule has 0 radical (unpaired) electrons. The van der Waals surface area contributed by atoms with Gasteiger partial charge in [0.1, 0.15) is 5.75 Å². The van der Waals surface area contributed by atoms with E-state index < -0.39 is 12.3 Å². The lowest BCUT2D eigenvalue weighted by Crippen LogP contribution is -2.16. The number of hydrogen-bond acceptors (Lipinski definition) is 4. The summed E-state index contributed by atoms with van der Waals surface area (Å²) in [4.78, 5) is 11.3. The van der Waals surface area contributed by atoms with Crippen molar-refractivity contribution in [2.24, 2.45) is 5.73 Å². The Hall–Kier alpha value is -3.00. The molecular formula is C18H17F3N2O3. The quantitative estimate of drug-likeness (QED) is 0.657. The van der Waals surface area contributed by atoms with Gasteiger partial charge in [-0.2, -0.15) is 0 Å². The number of halogens is 3. The van der Waals surface area contributed by atoms with E-state index in [0.717, 1.165) is 0 Å². The molecule has 0 unspecified atom stereocenters. The predicted octanol–water partition coefficient (Wildman–Crippen LogP) is 3.26. The SMILES string of the molecule is NC(=O)c1ccc(NCCO)c(C=Cc2ccc(OC(F)(F)F)cc2)c1. The molecule has 0 saturated carbocycles. The lowest BCUT2D eigenvalue weighted by molar-refractivity contribution is -0.274. The van der Waals surface area contributed by atoms with Gasteiger partial charge in [0, 0.05) is 17.8 Å². The van der Waals surface area contributed by atoms with Crippen molar-refractivity contribution in [1.29, 1.82) is 0 Å². The van der Waals surface area contributed by atoms with Gasteiger partial charge in [0.2, 0.25) is 5.91 Å². The molecular weight excluding hydrogens is 349 g/mol. The number of carbonyl (C=O) groups excluding carboxylic acids is 1. The number of aliphatic hydroxyl groups excluding tert-OH is 1. The minimum atomic E-state index is -4.74. The smallest absolute Gasteiger partial charge is 0.406 e. The van der Waals surface area contributed by atoms with Crippen LogP contribution in [-0.4, -0.2) is 30.5 Å². The summed E-state index contributed by atoms with van der Waals surface area (Å²) in [5, 5.41) is 11.9. The summed E-state index contributed by atoms with van der Waals surface area (Å²) in [6.07, 6.45) is -1.38. The second-order valence-corrected chi connectivity index (χ2v) is 5.27. The van der Waals surface area contributed by atoms with Crippen LogP contribution in [0.2, 0.25) is 0 Å². The highest BCUT2D eigenvalue weighted by Gasteiger charge is 2.30. The van der Waals surface area contributed by atoms with Gasteiger partial charge in [-0.3, -0.25) is 4.79 Å². The fraction of sp³-hybridized carbons (Fsp3) is 0.167. The van der Waals surface area contributed by atoms with Crippen molar-refractivity contribution >= 4 is 23.7 Å². The number of hydrogen-bond donors (Lipinski definition) is 3. The van der Waals surface area contributed by atoms with Crippen LogP contribution in [0.4, 0.5) is 18.9 Å². The van der Waals surface area contributed by atoms with Gasteiger partial charge in [-0.25, -0.2) is 0 Å². The molecule has 5 nitrogen and oxygen atoms in total. The van der Waals surface area contributed by atoms with Crippen molar-refractivity contribution in [3.63, 3.8) is 0 Å². The number of rotatable bonds is 7. The van der Waals surface area contributed by atoms with Crippen molar-refractivity contribution in [2.75, 3.05) is 18.5 Å². The van der Waals surface area contributed by atoms with Crippen molar-refractivity contribution in [3.05, 3.63) is 59.2 Å². The minimum Gasteiger partial charge on any atom is -0.406 e. The van der Waals surface area contributed by atoms with Gasteiger partial charge < -0.3 is 20.9 Å². The van der Waals surface area contributed by atoms with E-state index in [1.807, 2.05) is 0 Å². The molecule has 0 heterocycles. The third kappa shape index (κ3) is 5.82. The maximum absolute atomic E-state index is 12.2.